The van der Waals surface area contributed by atoms with Crippen molar-refractivity contribution < 1.29 is 80.4 Å². The molecule has 5 aromatic rings. The van der Waals surface area contributed by atoms with Gasteiger partial charge in [0.1, 0.15) is 56.0 Å². The third kappa shape index (κ3) is 15.4. The van der Waals surface area contributed by atoms with Gasteiger partial charge >= 0.3 is 19.6 Å². The number of thiol groups is 1. The number of nitrogens with zero attached hydrogens (tertiary/aromatic N) is 7. The van der Waals surface area contributed by atoms with Gasteiger partial charge < -0.3 is 58.6 Å². The summed E-state index contributed by atoms with van der Waals surface area (Å²) in [5.74, 6) is -5.07. The Morgan fingerprint density at radius 3 is 2.39 bits per heavy atom. The number of imidazole rings is 1. The molecule has 3 aliphatic heterocycles. The highest BCUT2D eigenvalue weighted by atomic mass is 32.7. The van der Waals surface area contributed by atoms with Gasteiger partial charge in [-0.25, -0.2) is 24.3 Å². The molecule has 4 aliphatic rings. The molecule has 3 aromatic heterocycles. The highest BCUT2D eigenvalue weighted by Crippen LogP contribution is 2.59. The number of carbonyl (C=O) groups excluding carboxylic acids is 7. The molecule has 2 unspecified atom stereocenters. The van der Waals surface area contributed by atoms with Crippen LogP contribution in [0.2, 0.25) is 0 Å². The van der Waals surface area contributed by atoms with Gasteiger partial charge in [0, 0.05) is 61.6 Å². The molecule has 30 nitrogen and oxygen atoms in total. The van der Waals surface area contributed by atoms with Crippen molar-refractivity contribution in [3.8, 4) is 5.88 Å². The van der Waals surface area contributed by atoms with Crippen LogP contribution in [-0.2, 0) is 81.1 Å². The minimum Gasteiger partial charge on any atom is -0.474 e. The van der Waals surface area contributed by atoms with Gasteiger partial charge in [-0.2, -0.15) is 4.98 Å². The Labute approximate surface area is 493 Å². The number of rotatable bonds is 17. The van der Waals surface area contributed by atoms with E-state index in [1.165, 1.54) is 42.0 Å². The van der Waals surface area contributed by atoms with E-state index in [4.69, 9.17) is 44.1 Å². The van der Waals surface area contributed by atoms with Gasteiger partial charge in [-0.3, -0.25) is 57.9 Å². The minimum absolute atomic E-state index is 0.0854. The van der Waals surface area contributed by atoms with Crippen molar-refractivity contribution in [2.24, 2.45) is 11.8 Å². The van der Waals surface area contributed by atoms with Crippen LogP contribution in [0.3, 0.4) is 0 Å². The molecule has 3 fully saturated rings. The molecule has 0 spiro atoms. The summed E-state index contributed by atoms with van der Waals surface area (Å²) in [6.07, 6.45) is -1.42. The summed E-state index contributed by atoms with van der Waals surface area (Å²) in [5.41, 5.74) is 0.142. The monoisotopic (exact) mass is 1250 g/mol. The molecule has 9 rings (SSSR count). The number of anilines is 2. The van der Waals surface area contributed by atoms with Crippen LogP contribution in [-0.4, -0.2) is 160 Å². The van der Waals surface area contributed by atoms with Crippen LogP contribution in [0, 0.1) is 11.8 Å². The lowest BCUT2D eigenvalue weighted by molar-refractivity contribution is -0.141. The first-order chi connectivity index (χ1) is 40.4. The maximum atomic E-state index is 14.0. The summed E-state index contributed by atoms with van der Waals surface area (Å²) in [6, 6.07) is 12.1. The maximum absolute atomic E-state index is 14.0. The number of carbonyl (C=O) groups is 7. The van der Waals surface area contributed by atoms with E-state index in [-0.39, 0.29) is 48.9 Å². The van der Waals surface area contributed by atoms with Gasteiger partial charge in [0.2, 0.25) is 29.5 Å². The number of H-pyrrole nitrogens is 1. The molecule has 6 heterocycles. The number of aromatic nitrogens is 6. The number of imide groups is 1. The van der Waals surface area contributed by atoms with Crippen LogP contribution < -0.4 is 31.6 Å². The second-order valence-corrected chi connectivity index (χ2v) is 26.0. The molecule has 2 bridgehead atoms. The number of amides is 7. The predicted molar refractivity (Wildman–Crippen MR) is 303 cm³/mol. The molecule has 1 aliphatic carbocycles. The minimum atomic E-state index is -4.37. The Balaban J connectivity index is 0.793. The molecule has 7 N–H and O–H groups in total. The number of hydrogen-bond donors (Lipinski definition) is 8. The fourth-order valence-corrected chi connectivity index (χ4v) is 12.5. The second-order valence-electron chi connectivity index (χ2n) is 20.4. The Morgan fingerprint density at radius 1 is 0.929 bits per heavy atom. The average Bonchev–Trinajstić information content (AvgIpc) is 2.16. The summed E-state index contributed by atoms with van der Waals surface area (Å²) in [4.78, 5) is 136. The lowest BCUT2D eigenvalue weighted by Crippen LogP contribution is -2.55. The largest absolute Gasteiger partial charge is 0.474 e. The SMILES string of the molecule is CC(C)[C@H](NC(=O)CN1C(=O)C=CC1=O)C(=O)N[C@@H](C)C(=O)Nc1ccc(COC(=O)N(C)Cc2ccccc2C(=O)Nc2nc3c(ncn3[C@@H]3O[C@@H]4COP(O)(=S)O[C@H]5C[C@H](Oc6ccncn6)C[C@@H]5COP(=O)(S)O[C@@H]3[C@@H]4O)c(=O)[nH]2)cc1. The van der Waals surface area contributed by atoms with Crippen molar-refractivity contribution in [3.05, 3.63) is 113 Å². The van der Waals surface area contributed by atoms with Crippen LogP contribution in [0.25, 0.3) is 11.2 Å². The summed E-state index contributed by atoms with van der Waals surface area (Å²) >= 11 is 9.59. The molecular formula is C51H58N12O18P2S2. The number of nitrogens with one attached hydrogen (secondary N) is 5. The van der Waals surface area contributed by atoms with Crippen LogP contribution in [0.1, 0.15) is 61.3 Å². The molecule has 2 saturated heterocycles. The highest BCUT2D eigenvalue weighted by molar-refractivity contribution is 8.44. The molecule has 2 aromatic carbocycles. The molecule has 0 radical (unpaired) electrons. The van der Waals surface area contributed by atoms with E-state index >= 15 is 0 Å². The van der Waals surface area contributed by atoms with Crippen molar-refractivity contribution >= 4 is 102 Å². The number of aliphatic hydroxyl groups excluding tert-OH is 1. The zero-order chi connectivity index (χ0) is 60.9. The van der Waals surface area contributed by atoms with E-state index in [1.807, 2.05) is 0 Å². The predicted octanol–water partition coefficient (Wildman–Crippen LogP) is 2.63. The zero-order valence-electron chi connectivity index (χ0n) is 45.6. The van der Waals surface area contributed by atoms with Crippen molar-refractivity contribution in [1.82, 2.24) is 49.9 Å². The fourth-order valence-electron chi connectivity index (χ4n) is 9.48. The van der Waals surface area contributed by atoms with E-state index in [0.717, 1.165) is 23.4 Å². The standard InChI is InChI=1S/C51H58N12O18P2S2/c1-26(2)40(57-36(64)20-62-38(65)13-14-39(62)66)47(70)55-27(3)45(68)56-31-11-9-28(10-12-31)21-75-51(72)61(4)19-29-7-5-6-8-33(29)46(69)59-50-58-44-41(48(71)60-50)54-25-63(44)49-43-42(67)35(79-49)23-77-82(73,84)80-34-18-32(78-37-15-16-52-24-53-37)17-30(34)22-76-83(74,85)81-43/h5-16,24-27,30,32,34-35,40,42-43,49,67H,17-23H2,1-4H3,(H,55,70)(H,56,68)(H,57,64)(H,73,84)(H,74,85)(H2,58,59,60,69,71)/t27-,30+,32+,34-,35+,40-,42+,43+,49+,82?,83?/m0/s1. The Bertz CT molecular complexity index is 3540. The first-order valence-electron chi connectivity index (χ1n) is 26.3. The maximum Gasteiger partial charge on any atom is 0.410 e. The van der Waals surface area contributed by atoms with Crippen molar-refractivity contribution in [2.45, 2.75) is 95.6 Å². The van der Waals surface area contributed by atoms with E-state index in [9.17, 15) is 52.9 Å². The molecule has 1 saturated carbocycles. The van der Waals surface area contributed by atoms with Gasteiger partial charge in [0.05, 0.1) is 25.6 Å². The Kier molecular flexibility index (Phi) is 19.4. The average molecular weight is 1250 g/mol. The van der Waals surface area contributed by atoms with Gasteiger partial charge in [0.25, 0.3) is 23.3 Å². The summed E-state index contributed by atoms with van der Waals surface area (Å²) in [5, 5.41) is 21.9. The van der Waals surface area contributed by atoms with Crippen molar-refractivity contribution in [3.63, 3.8) is 0 Å². The van der Waals surface area contributed by atoms with E-state index in [0.29, 0.717) is 29.1 Å². The summed E-state index contributed by atoms with van der Waals surface area (Å²) in [6.45, 7) is -5.33. The van der Waals surface area contributed by atoms with Crippen molar-refractivity contribution in [1.29, 1.82) is 0 Å². The second kappa shape index (κ2) is 26.5. The zero-order valence-corrected chi connectivity index (χ0v) is 49.1. The molecule has 452 valence electrons. The lowest BCUT2D eigenvalue weighted by atomic mass is 10.0. The molecular weight excluding hydrogens is 1190 g/mol. The lowest BCUT2D eigenvalue weighted by Gasteiger charge is -2.27. The van der Waals surface area contributed by atoms with E-state index < -0.39 is 134 Å². The first-order valence-corrected chi connectivity index (χ1v) is 31.5. The van der Waals surface area contributed by atoms with E-state index in [2.05, 4.69) is 58.4 Å². The number of aromatic amines is 1. The number of benzene rings is 2. The third-order valence-corrected chi connectivity index (χ3v) is 17.0. The summed E-state index contributed by atoms with van der Waals surface area (Å²) < 4.78 is 56.1. The number of hydrogen-bond acceptors (Lipinski definition) is 22. The molecule has 11 atom stereocenters. The Hall–Kier alpha value is -7.35. The molecule has 34 heteroatoms. The van der Waals surface area contributed by atoms with Gasteiger partial charge in [-0.05, 0) is 60.4 Å². The van der Waals surface area contributed by atoms with Gasteiger partial charge in [-0.1, -0.05) is 56.4 Å². The van der Waals surface area contributed by atoms with Crippen molar-refractivity contribution in [2.75, 3.05) is 37.4 Å². The molecule has 85 heavy (non-hydrogen) atoms. The number of ether oxygens (including phenoxy) is 3. The van der Waals surface area contributed by atoms with Crippen LogP contribution in [0.5, 0.6) is 5.88 Å². The van der Waals surface area contributed by atoms with E-state index in [1.54, 1.807) is 62.4 Å². The topological polar surface area (TPSA) is 386 Å². The van der Waals surface area contributed by atoms with Crippen LogP contribution >= 0.6 is 25.8 Å². The van der Waals surface area contributed by atoms with Crippen LogP contribution in [0.4, 0.5) is 16.4 Å². The summed E-state index contributed by atoms with van der Waals surface area (Å²) in [7, 11) is 1.45. The number of aliphatic hydroxyl groups is 1. The smallest absolute Gasteiger partial charge is 0.410 e. The first kappa shape index (κ1) is 62.2. The number of fused-ring (bicyclic) bond motifs is 4. The van der Waals surface area contributed by atoms with Crippen LogP contribution in [0.15, 0.2) is 90.4 Å². The molecule has 7 amide bonds. The Morgan fingerprint density at radius 2 is 1.67 bits per heavy atom. The third-order valence-electron chi connectivity index (χ3n) is 13.8. The fraction of sp³-hybridized carbons (Fsp3) is 0.412. The normalized spacial score (nSPS) is 25.6. The highest BCUT2D eigenvalue weighted by Gasteiger charge is 2.51. The van der Waals surface area contributed by atoms with Gasteiger partial charge in [0.15, 0.2) is 17.4 Å². The van der Waals surface area contributed by atoms with Gasteiger partial charge in [-0.15, -0.1) is 0 Å². The quantitative estimate of drug-likeness (QED) is 0.0377.